The molecule has 0 saturated carbocycles. The van der Waals surface area contributed by atoms with Crippen molar-refractivity contribution in [2.75, 3.05) is 18.1 Å². The molecule has 1 amide bonds. The molecule has 0 spiro atoms. The number of para-hydroxylation sites is 1. The third-order valence-electron chi connectivity index (χ3n) is 3.77. The summed E-state index contributed by atoms with van der Waals surface area (Å²) in [6, 6.07) is 11.1. The van der Waals surface area contributed by atoms with Gasteiger partial charge in [0.15, 0.2) is 6.61 Å². The monoisotopic (exact) mass is 342 g/mol. The number of thioether (sulfide) groups is 1. The van der Waals surface area contributed by atoms with Crippen molar-refractivity contribution in [3.63, 3.8) is 0 Å². The number of anilines is 1. The first kappa shape index (κ1) is 16.5. The molecule has 1 aliphatic rings. The van der Waals surface area contributed by atoms with Gasteiger partial charge in [-0.2, -0.15) is 0 Å². The Hall–Kier alpha value is -2.34. The molecule has 1 aromatic carbocycles. The summed E-state index contributed by atoms with van der Waals surface area (Å²) in [5.41, 5.74) is 1.22. The van der Waals surface area contributed by atoms with Crippen LogP contribution in [-0.4, -0.2) is 35.3 Å². The maximum Gasteiger partial charge on any atom is 0.340 e. The van der Waals surface area contributed by atoms with Crippen LogP contribution in [0.3, 0.4) is 0 Å². The maximum atomic E-state index is 12.6. The molecule has 1 aromatic heterocycles. The van der Waals surface area contributed by atoms with E-state index in [1.165, 1.54) is 6.20 Å². The predicted molar refractivity (Wildman–Crippen MR) is 93.3 cm³/mol. The molecule has 2 aromatic rings. The van der Waals surface area contributed by atoms with Crippen LogP contribution in [0.2, 0.25) is 0 Å². The molecule has 0 aliphatic carbocycles. The smallest absolute Gasteiger partial charge is 0.340 e. The highest BCUT2D eigenvalue weighted by molar-refractivity contribution is 8.00. The fourth-order valence-corrected chi connectivity index (χ4v) is 3.63. The number of carbonyl (C=O) groups excluding carboxylic acids is 2. The van der Waals surface area contributed by atoms with Gasteiger partial charge in [0.05, 0.1) is 11.3 Å². The number of carbonyl (C=O) groups is 2. The van der Waals surface area contributed by atoms with E-state index in [1.807, 2.05) is 24.3 Å². The number of pyridine rings is 1. The number of ether oxygens (including phenoxy) is 1. The zero-order valence-electron chi connectivity index (χ0n) is 13.3. The van der Waals surface area contributed by atoms with Crippen LogP contribution in [0.1, 0.15) is 23.7 Å². The van der Waals surface area contributed by atoms with Gasteiger partial charge in [-0.15, -0.1) is 11.8 Å². The fraction of sp³-hybridized carbons (Fsp3) is 0.278. The highest BCUT2D eigenvalue weighted by atomic mass is 32.2. The van der Waals surface area contributed by atoms with E-state index in [1.54, 1.807) is 35.0 Å². The standard InChI is InChI=1S/C18H18N2O3S/c1-13-8-10-20(15-6-2-3-7-16(15)24-13)17(21)12-23-18(22)14-5-4-9-19-11-14/h2-7,9,11,13H,8,10,12H2,1H3/t13-/m0/s1. The fourth-order valence-electron chi connectivity index (χ4n) is 2.52. The van der Waals surface area contributed by atoms with Crippen molar-refractivity contribution in [1.82, 2.24) is 4.98 Å². The lowest BCUT2D eigenvalue weighted by atomic mass is 10.2. The molecule has 24 heavy (non-hydrogen) atoms. The van der Waals surface area contributed by atoms with Crippen LogP contribution >= 0.6 is 11.8 Å². The van der Waals surface area contributed by atoms with E-state index in [4.69, 9.17) is 4.74 Å². The van der Waals surface area contributed by atoms with E-state index in [-0.39, 0.29) is 12.5 Å². The molecule has 0 saturated heterocycles. The number of benzene rings is 1. The van der Waals surface area contributed by atoms with Crippen molar-refractivity contribution in [1.29, 1.82) is 0 Å². The quantitative estimate of drug-likeness (QED) is 0.802. The third-order valence-corrected chi connectivity index (χ3v) is 5.01. The molecular weight excluding hydrogens is 324 g/mol. The lowest BCUT2D eigenvalue weighted by molar-refractivity contribution is -0.121. The lowest BCUT2D eigenvalue weighted by Crippen LogP contribution is -2.35. The zero-order valence-corrected chi connectivity index (χ0v) is 14.2. The van der Waals surface area contributed by atoms with Gasteiger partial charge in [-0.3, -0.25) is 9.78 Å². The molecule has 0 fully saturated rings. The summed E-state index contributed by atoms with van der Waals surface area (Å²) in [6.45, 7) is 2.49. The van der Waals surface area contributed by atoms with Crippen molar-refractivity contribution in [3.8, 4) is 0 Å². The Balaban J connectivity index is 1.70. The Morgan fingerprint density at radius 1 is 1.29 bits per heavy atom. The molecule has 6 heteroatoms. The molecule has 0 bridgehead atoms. The van der Waals surface area contributed by atoms with Gasteiger partial charge >= 0.3 is 5.97 Å². The van der Waals surface area contributed by atoms with Crippen LogP contribution in [0.5, 0.6) is 0 Å². The second-order valence-corrected chi connectivity index (χ2v) is 7.03. The van der Waals surface area contributed by atoms with Crippen LogP contribution in [-0.2, 0) is 9.53 Å². The Bertz CT molecular complexity index is 736. The van der Waals surface area contributed by atoms with Crippen molar-refractivity contribution in [2.24, 2.45) is 0 Å². The maximum absolute atomic E-state index is 12.6. The predicted octanol–water partition coefficient (Wildman–Crippen LogP) is 3.16. The first-order chi connectivity index (χ1) is 11.6. The summed E-state index contributed by atoms with van der Waals surface area (Å²) in [5, 5.41) is 0.432. The highest BCUT2D eigenvalue weighted by Crippen LogP contribution is 2.37. The Kier molecular flexibility index (Phi) is 5.15. The van der Waals surface area contributed by atoms with Gasteiger partial charge in [0.25, 0.3) is 5.91 Å². The molecule has 5 nitrogen and oxygen atoms in total. The van der Waals surface area contributed by atoms with Crippen molar-refractivity contribution in [3.05, 3.63) is 54.4 Å². The van der Waals surface area contributed by atoms with E-state index in [2.05, 4.69) is 11.9 Å². The SMILES string of the molecule is C[C@H]1CCN(C(=O)COC(=O)c2cccnc2)c2ccccc2S1. The average Bonchev–Trinajstić information content (AvgIpc) is 2.78. The van der Waals surface area contributed by atoms with E-state index >= 15 is 0 Å². The van der Waals surface area contributed by atoms with Crippen LogP contribution in [0.15, 0.2) is 53.7 Å². The first-order valence-electron chi connectivity index (χ1n) is 7.78. The third kappa shape index (κ3) is 3.76. The van der Waals surface area contributed by atoms with E-state index < -0.39 is 5.97 Å². The summed E-state index contributed by atoms with van der Waals surface area (Å²) in [7, 11) is 0. The van der Waals surface area contributed by atoms with Crippen molar-refractivity contribution < 1.29 is 14.3 Å². The molecule has 0 radical (unpaired) electrons. The zero-order chi connectivity index (χ0) is 16.9. The van der Waals surface area contributed by atoms with E-state index in [0.717, 1.165) is 17.0 Å². The Labute approximate surface area is 145 Å². The van der Waals surface area contributed by atoms with Gasteiger partial charge in [-0.1, -0.05) is 19.1 Å². The summed E-state index contributed by atoms with van der Waals surface area (Å²) in [4.78, 5) is 31.2. The normalized spacial score (nSPS) is 16.9. The molecule has 2 heterocycles. The first-order valence-corrected chi connectivity index (χ1v) is 8.66. The van der Waals surface area contributed by atoms with Crippen molar-refractivity contribution >= 4 is 29.3 Å². The molecule has 1 atom stereocenters. The minimum Gasteiger partial charge on any atom is -0.452 e. The highest BCUT2D eigenvalue weighted by Gasteiger charge is 2.24. The molecule has 3 rings (SSSR count). The summed E-state index contributed by atoms with van der Waals surface area (Å²) in [6.07, 6.45) is 3.89. The van der Waals surface area contributed by atoms with Crippen LogP contribution in [0.4, 0.5) is 5.69 Å². The molecular formula is C18H18N2O3S. The molecule has 124 valence electrons. The van der Waals surface area contributed by atoms with Gasteiger partial charge in [0.2, 0.25) is 0 Å². The summed E-state index contributed by atoms with van der Waals surface area (Å²) >= 11 is 1.77. The number of nitrogens with zero attached hydrogens (tertiary/aromatic N) is 2. The van der Waals surface area contributed by atoms with Gasteiger partial charge in [0.1, 0.15) is 0 Å². The van der Waals surface area contributed by atoms with Crippen molar-refractivity contribution in [2.45, 2.75) is 23.5 Å². The van der Waals surface area contributed by atoms with E-state index in [0.29, 0.717) is 17.4 Å². The van der Waals surface area contributed by atoms with Gasteiger partial charge < -0.3 is 9.64 Å². The minimum atomic E-state index is -0.540. The summed E-state index contributed by atoms with van der Waals surface area (Å²) < 4.78 is 5.15. The topological polar surface area (TPSA) is 59.5 Å². The molecule has 1 aliphatic heterocycles. The number of rotatable bonds is 3. The number of esters is 1. The molecule has 0 N–H and O–H groups in total. The van der Waals surface area contributed by atoms with Gasteiger partial charge in [-0.05, 0) is 30.7 Å². The number of hydrogen-bond donors (Lipinski definition) is 0. The Morgan fingerprint density at radius 2 is 2.12 bits per heavy atom. The van der Waals surface area contributed by atoms with Gasteiger partial charge in [0, 0.05) is 29.1 Å². The minimum absolute atomic E-state index is 0.214. The van der Waals surface area contributed by atoms with Crippen LogP contribution in [0.25, 0.3) is 0 Å². The largest absolute Gasteiger partial charge is 0.452 e. The molecule has 0 unspecified atom stereocenters. The average molecular weight is 342 g/mol. The number of aromatic nitrogens is 1. The number of fused-ring (bicyclic) bond motifs is 1. The lowest BCUT2D eigenvalue weighted by Gasteiger charge is -2.22. The Morgan fingerprint density at radius 3 is 2.92 bits per heavy atom. The number of hydrogen-bond acceptors (Lipinski definition) is 5. The van der Waals surface area contributed by atoms with E-state index in [9.17, 15) is 9.59 Å². The number of amides is 1. The van der Waals surface area contributed by atoms with Crippen LogP contribution in [0, 0.1) is 0 Å². The van der Waals surface area contributed by atoms with Gasteiger partial charge in [-0.25, -0.2) is 4.79 Å². The second-order valence-electron chi connectivity index (χ2n) is 5.55. The summed E-state index contributed by atoms with van der Waals surface area (Å²) in [5.74, 6) is -0.753. The second kappa shape index (κ2) is 7.49. The van der Waals surface area contributed by atoms with Crippen LogP contribution < -0.4 is 4.90 Å².